The minimum atomic E-state index is 0.931. The first kappa shape index (κ1) is 26.8. The third-order valence-corrected chi connectivity index (χ3v) is 9.01. The molecule has 0 bridgehead atoms. The number of thioether (sulfide) groups is 1. The van der Waals surface area contributed by atoms with Gasteiger partial charge < -0.3 is 9.64 Å². The standard InChI is InChI=1S/C29H38BrN5OS/c1-36-27-6-2-24(3-7-27)23-37-21-20-34-14-12-32(13-15-34)10-11-33-16-18-35(19-17-33)29-9-4-25-22-26(30)5-8-28(25)31-29/h2-9,22H,10-21,23H2,1H3. The lowest BCUT2D eigenvalue weighted by Gasteiger charge is -2.38. The topological polar surface area (TPSA) is 35.1 Å². The van der Waals surface area contributed by atoms with Crippen LogP contribution in [0, 0.1) is 0 Å². The summed E-state index contributed by atoms with van der Waals surface area (Å²) in [5, 5.41) is 1.18. The lowest BCUT2D eigenvalue weighted by atomic mass is 10.2. The van der Waals surface area contributed by atoms with E-state index in [0.29, 0.717) is 0 Å². The molecule has 2 aliphatic rings. The Morgan fingerprint density at radius 1 is 0.784 bits per heavy atom. The summed E-state index contributed by atoms with van der Waals surface area (Å²) in [5.41, 5.74) is 2.44. The molecule has 1 aromatic heterocycles. The van der Waals surface area contributed by atoms with Gasteiger partial charge in [-0.25, -0.2) is 4.98 Å². The van der Waals surface area contributed by atoms with Crippen LogP contribution >= 0.6 is 27.7 Å². The first-order valence-corrected chi connectivity index (χ1v) is 15.3. The minimum absolute atomic E-state index is 0.931. The summed E-state index contributed by atoms with van der Waals surface area (Å²) in [4.78, 5) is 15.2. The average molecular weight is 585 g/mol. The van der Waals surface area contributed by atoms with Crippen LogP contribution in [-0.2, 0) is 5.75 Å². The third kappa shape index (κ3) is 7.60. The van der Waals surface area contributed by atoms with Crippen molar-refractivity contribution in [3.05, 3.63) is 64.6 Å². The highest BCUT2D eigenvalue weighted by Crippen LogP contribution is 2.22. The molecular formula is C29H38BrN5OS. The number of fused-ring (bicyclic) bond motifs is 1. The number of halogens is 1. The maximum absolute atomic E-state index is 5.24. The van der Waals surface area contributed by atoms with Crippen LogP contribution in [0.4, 0.5) is 5.82 Å². The highest BCUT2D eigenvalue weighted by molar-refractivity contribution is 9.10. The van der Waals surface area contributed by atoms with Crippen LogP contribution in [0.25, 0.3) is 10.9 Å². The van der Waals surface area contributed by atoms with Gasteiger partial charge in [0.2, 0.25) is 0 Å². The molecule has 5 rings (SSSR count). The Morgan fingerprint density at radius 3 is 2.11 bits per heavy atom. The van der Waals surface area contributed by atoms with Crippen molar-refractivity contribution in [2.45, 2.75) is 5.75 Å². The molecule has 6 nitrogen and oxygen atoms in total. The molecule has 0 N–H and O–H groups in total. The maximum Gasteiger partial charge on any atom is 0.129 e. The fraction of sp³-hybridized carbons (Fsp3) is 0.483. The quantitative estimate of drug-likeness (QED) is 0.321. The number of pyridine rings is 1. The van der Waals surface area contributed by atoms with Crippen LogP contribution < -0.4 is 9.64 Å². The Bertz CT molecular complexity index is 1130. The van der Waals surface area contributed by atoms with E-state index in [0.717, 1.165) is 53.5 Å². The van der Waals surface area contributed by atoms with Crippen LogP contribution in [0.1, 0.15) is 5.56 Å². The lowest BCUT2D eigenvalue weighted by Crippen LogP contribution is -2.51. The molecule has 2 saturated heterocycles. The average Bonchev–Trinajstić information content (AvgIpc) is 2.95. The van der Waals surface area contributed by atoms with E-state index in [2.05, 4.69) is 90.1 Å². The zero-order valence-electron chi connectivity index (χ0n) is 21.8. The van der Waals surface area contributed by atoms with Gasteiger partial charge in [0.25, 0.3) is 0 Å². The number of benzene rings is 2. The number of ether oxygens (including phenoxy) is 1. The van der Waals surface area contributed by atoms with E-state index in [9.17, 15) is 0 Å². The van der Waals surface area contributed by atoms with Crippen LogP contribution in [0.3, 0.4) is 0 Å². The van der Waals surface area contributed by atoms with E-state index in [1.54, 1.807) is 7.11 Å². The molecule has 0 unspecified atom stereocenters. The molecule has 2 fully saturated rings. The molecule has 2 aromatic carbocycles. The SMILES string of the molecule is COc1ccc(CSCCN2CCN(CCN3CCN(c4ccc5cc(Br)ccc5n4)CC3)CC2)cc1. The van der Waals surface area contributed by atoms with Gasteiger partial charge >= 0.3 is 0 Å². The second-order valence-electron chi connectivity index (χ2n) is 9.92. The molecular weight excluding hydrogens is 546 g/mol. The van der Waals surface area contributed by atoms with E-state index in [4.69, 9.17) is 9.72 Å². The minimum Gasteiger partial charge on any atom is -0.497 e. The Hall–Kier alpha value is -1.84. The van der Waals surface area contributed by atoms with E-state index in [1.807, 2.05) is 11.8 Å². The highest BCUT2D eigenvalue weighted by Gasteiger charge is 2.21. The summed E-state index contributed by atoms with van der Waals surface area (Å²) in [7, 11) is 1.72. The molecule has 198 valence electrons. The number of hydrogen-bond donors (Lipinski definition) is 0. The molecule has 0 aliphatic carbocycles. The molecule has 0 amide bonds. The van der Waals surface area contributed by atoms with Gasteiger partial charge in [-0.1, -0.05) is 28.1 Å². The van der Waals surface area contributed by atoms with Crippen LogP contribution in [-0.4, -0.2) is 105 Å². The zero-order valence-corrected chi connectivity index (χ0v) is 24.2. The summed E-state index contributed by atoms with van der Waals surface area (Å²) in [6.45, 7) is 12.7. The van der Waals surface area contributed by atoms with E-state index in [1.165, 1.54) is 62.5 Å². The normalized spacial score (nSPS) is 17.9. The van der Waals surface area contributed by atoms with Gasteiger partial charge in [-0.2, -0.15) is 11.8 Å². The number of anilines is 1. The van der Waals surface area contributed by atoms with Crippen LogP contribution in [0.5, 0.6) is 5.75 Å². The van der Waals surface area contributed by atoms with Crippen molar-refractivity contribution < 1.29 is 4.74 Å². The van der Waals surface area contributed by atoms with Crippen molar-refractivity contribution in [2.75, 3.05) is 89.8 Å². The lowest BCUT2D eigenvalue weighted by molar-refractivity contribution is 0.121. The molecule has 3 heterocycles. The molecule has 8 heteroatoms. The van der Waals surface area contributed by atoms with Gasteiger partial charge in [-0.15, -0.1) is 0 Å². The molecule has 3 aromatic rings. The highest BCUT2D eigenvalue weighted by atomic mass is 79.9. The number of nitrogens with zero attached hydrogens (tertiary/aromatic N) is 5. The fourth-order valence-electron chi connectivity index (χ4n) is 5.09. The fourth-order valence-corrected chi connectivity index (χ4v) is 6.43. The summed E-state index contributed by atoms with van der Waals surface area (Å²) in [5.74, 6) is 4.31. The Morgan fingerprint density at radius 2 is 1.43 bits per heavy atom. The second kappa shape index (κ2) is 13.3. The maximum atomic E-state index is 5.24. The molecule has 0 spiro atoms. The molecule has 2 aliphatic heterocycles. The number of aromatic nitrogens is 1. The summed E-state index contributed by atoms with van der Waals surface area (Å²) >= 11 is 5.58. The van der Waals surface area contributed by atoms with Gasteiger partial charge in [0.15, 0.2) is 0 Å². The van der Waals surface area contributed by atoms with Gasteiger partial charge in [0.05, 0.1) is 12.6 Å². The first-order valence-electron chi connectivity index (χ1n) is 13.4. The summed E-state index contributed by atoms with van der Waals surface area (Å²) in [6, 6.07) is 19.1. The Balaban J connectivity index is 0.954. The molecule has 0 atom stereocenters. The van der Waals surface area contributed by atoms with E-state index in [-0.39, 0.29) is 0 Å². The predicted molar refractivity (Wildman–Crippen MR) is 160 cm³/mol. The van der Waals surface area contributed by atoms with Crippen molar-refractivity contribution in [1.82, 2.24) is 19.7 Å². The predicted octanol–water partition coefficient (Wildman–Crippen LogP) is 4.68. The van der Waals surface area contributed by atoms with Gasteiger partial charge in [0, 0.05) is 93.4 Å². The monoisotopic (exact) mass is 583 g/mol. The van der Waals surface area contributed by atoms with Crippen molar-refractivity contribution in [1.29, 1.82) is 0 Å². The molecule has 37 heavy (non-hydrogen) atoms. The zero-order chi connectivity index (χ0) is 25.5. The van der Waals surface area contributed by atoms with Gasteiger partial charge in [-0.05, 0) is 48.0 Å². The van der Waals surface area contributed by atoms with Crippen LogP contribution in [0.15, 0.2) is 59.1 Å². The van der Waals surface area contributed by atoms with Crippen molar-refractivity contribution in [2.24, 2.45) is 0 Å². The first-order chi connectivity index (χ1) is 18.2. The third-order valence-electron chi connectivity index (χ3n) is 7.51. The Labute approximate surface area is 234 Å². The van der Waals surface area contributed by atoms with Gasteiger partial charge in [0.1, 0.15) is 11.6 Å². The van der Waals surface area contributed by atoms with Gasteiger partial charge in [-0.3, -0.25) is 14.7 Å². The molecule has 0 saturated carbocycles. The number of hydrogen-bond acceptors (Lipinski definition) is 7. The molecule has 0 radical (unpaired) electrons. The largest absolute Gasteiger partial charge is 0.497 e. The summed E-state index contributed by atoms with van der Waals surface area (Å²) < 4.78 is 6.35. The van der Waals surface area contributed by atoms with E-state index < -0.39 is 0 Å². The number of piperazine rings is 2. The van der Waals surface area contributed by atoms with Crippen molar-refractivity contribution in [3.63, 3.8) is 0 Å². The van der Waals surface area contributed by atoms with Crippen LogP contribution in [0.2, 0.25) is 0 Å². The number of methoxy groups -OCH3 is 1. The number of rotatable bonds is 10. The Kier molecular flexibility index (Phi) is 9.61. The van der Waals surface area contributed by atoms with E-state index >= 15 is 0 Å². The second-order valence-corrected chi connectivity index (χ2v) is 11.9. The van der Waals surface area contributed by atoms with Crippen molar-refractivity contribution in [3.8, 4) is 5.75 Å². The smallest absolute Gasteiger partial charge is 0.129 e. The summed E-state index contributed by atoms with van der Waals surface area (Å²) in [6.07, 6.45) is 0. The van der Waals surface area contributed by atoms with Crippen molar-refractivity contribution >= 4 is 44.4 Å².